The first-order valence-corrected chi connectivity index (χ1v) is 9.49. The summed E-state index contributed by atoms with van der Waals surface area (Å²) in [5.41, 5.74) is 1.38. The first kappa shape index (κ1) is 18.6. The van der Waals surface area contributed by atoms with Crippen molar-refractivity contribution >= 4 is 29.2 Å². The van der Waals surface area contributed by atoms with Crippen molar-refractivity contribution in [1.29, 1.82) is 0 Å². The summed E-state index contributed by atoms with van der Waals surface area (Å²) < 4.78 is 13.2. The molecule has 1 spiro atoms. The van der Waals surface area contributed by atoms with Crippen LogP contribution in [0.4, 0.5) is 14.9 Å². The Balaban J connectivity index is 1.36. The molecule has 2 aromatic rings. The molecule has 0 atom stereocenters. The van der Waals surface area contributed by atoms with Crippen LogP contribution < -0.4 is 16.0 Å². The number of rotatable bonds is 2. The van der Waals surface area contributed by atoms with Crippen LogP contribution in [-0.2, 0) is 6.54 Å². The molecule has 8 heteroatoms. The maximum Gasteiger partial charge on any atom is 0.317 e. The van der Waals surface area contributed by atoms with Crippen LogP contribution in [-0.4, -0.2) is 35.6 Å². The molecule has 3 N–H and O–H groups in total. The number of amides is 3. The first-order valence-electron chi connectivity index (χ1n) is 9.12. The van der Waals surface area contributed by atoms with Gasteiger partial charge in [0.25, 0.3) is 5.91 Å². The van der Waals surface area contributed by atoms with Gasteiger partial charge >= 0.3 is 6.03 Å². The molecule has 0 saturated carbocycles. The van der Waals surface area contributed by atoms with E-state index in [2.05, 4.69) is 16.0 Å². The number of urea groups is 1. The van der Waals surface area contributed by atoms with Crippen LogP contribution in [0.25, 0.3) is 0 Å². The largest absolute Gasteiger partial charge is 0.362 e. The van der Waals surface area contributed by atoms with Crippen LogP contribution in [0.1, 0.15) is 28.8 Å². The number of fused-ring (bicyclic) bond motifs is 1. The monoisotopic (exact) mass is 402 g/mol. The van der Waals surface area contributed by atoms with Gasteiger partial charge in [0.2, 0.25) is 0 Å². The summed E-state index contributed by atoms with van der Waals surface area (Å²) in [4.78, 5) is 26.6. The van der Waals surface area contributed by atoms with Gasteiger partial charge in [0.1, 0.15) is 11.5 Å². The van der Waals surface area contributed by atoms with Crippen molar-refractivity contribution in [3.05, 3.63) is 64.4 Å². The summed E-state index contributed by atoms with van der Waals surface area (Å²) in [6, 6.07) is 11.1. The van der Waals surface area contributed by atoms with Crippen molar-refractivity contribution in [2.45, 2.75) is 25.0 Å². The zero-order chi connectivity index (χ0) is 19.7. The molecule has 0 radical (unpaired) electrons. The summed E-state index contributed by atoms with van der Waals surface area (Å²) in [6.45, 7) is 1.23. The minimum absolute atomic E-state index is 0.144. The quantitative estimate of drug-likeness (QED) is 0.721. The van der Waals surface area contributed by atoms with Crippen molar-refractivity contribution in [2.24, 2.45) is 0 Å². The van der Waals surface area contributed by atoms with E-state index in [0.717, 1.165) is 0 Å². The van der Waals surface area contributed by atoms with E-state index in [4.69, 9.17) is 11.6 Å². The molecule has 2 aromatic carbocycles. The number of nitrogens with zero attached hydrogens (tertiary/aromatic N) is 1. The maximum absolute atomic E-state index is 13.2. The van der Waals surface area contributed by atoms with Crippen molar-refractivity contribution in [3.63, 3.8) is 0 Å². The lowest BCUT2D eigenvalue weighted by Gasteiger charge is -2.45. The third-order valence-electron chi connectivity index (χ3n) is 5.19. The second-order valence-electron chi connectivity index (χ2n) is 7.13. The van der Waals surface area contributed by atoms with Gasteiger partial charge < -0.3 is 20.9 Å². The molecule has 1 saturated heterocycles. The molecule has 2 aliphatic rings. The Bertz CT molecular complexity index is 928. The van der Waals surface area contributed by atoms with Crippen molar-refractivity contribution < 1.29 is 14.0 Å². The van der Waals surface area contributed by atoms with Gasteiger partial charge in [-0.1, -0.05) is 23.7 Å². The fraction of sp³-hybridized carbons (Fsp3) is 0.300. The number of carbonyl (C=O) groups is 2. The Kier molecular flexibility index (Phi) is 4.85. The van der Waals surface area contributed by atoms with Crippen molar-refractivity contribution in [2.75, 3.05) is 18.4 Å². The fourth-order valence-corrected chi connectivity index (χ4v) is 3.84. The number of likely N-dealkylation sites (tertiary alicyclic amines) is 1. The highest BCUT2D eigenvalue weighted by Gasteiger charge is 2.41. The number of anilines is 1. The predicted octanol–water partition coefficient (Wildman–Crippen LogP) is 3.34. The summed E-state index contributed by atoms with van der Waals surface area (Å²) in [6.07, 6.45) is 1.14. The molecule has 0 unspecified atom stereocenters. The highest BCUT2D eigenvalue weighted by molar-refractivity contribution is 6.31. The predicted molar refractivity (Wildman–Crippen MR) is 105 cm³/mol. The van der Waals surface area contributed by atoms with E-state index in [1.54, 1.807) is 35.2 Å². The molecular formula is C20H20ClFN4O2. The van der Waals surface area contributed by atoms with E-state index in [0.29, 0.717) is 47.8 Å². The molecule has 2 heterocycles. The first-order chi connectivity index (χ1) is 13.4. The van der Waals surface area contributed by atoms with Gasteiger partial charge in [0.05, 0.1) is 11.3 Å². The average molecular weight is 403 g/mol. The minimum atomic E-state index is -0.589. The van der Waals surface area contributed by atoms with Crippen LogP contribution in [0.5, 0.6) is 0 Å². The van der Waals surface area contributed by atoms with Gasteiger partial charge in [-0.15, -0.1) is 0 Å². The normalized spacial score (nSPS) is 17.5. The summed E-state index contributed by atoms with van der Waals surface area (Å²) >= 11 is 6.06. The third kappa shape index (κ3) is 3.75. The van der Waals surface area contributed by atoms with E-state index in [1.807, 2.05) is 0 Å². The van der Waals surface area contributed by atoms with Crippen molar-refractivity contribution in [3.8, 4) is 0 Å². The summed E-state index contributed by atoms with van der Waals surface area (Å²) in [7, 11) is 0. The van der Waals surface area contributed by atoms with Crippen LogP contribution >= 0.6 is 11.6 Å². The Morgan fingerprint density at radius 3 is 2.71 bits per heavy atom. The Labute approximate surface area is 167 Å². The smallest absolute Gasteiger partial charge is 0.317 e. The molecule has 2 aliphatic heterocycles. The van der Waals surface area contributed by atoms with E-state index in [9.17, 15) is 14.0 Å². The van der Waals surface area contributed by atoms with Crippen molar-refractivity contribution in [1.82, 2.24) is 15.5 Å². The lowest BCUT2D eigenvalue weighted by Crippen LogP contribution is -2.63. The number of hydrogen-bond acceptors (Lipinski definition) is 3. The molecule has 0 aromatic heterocycles. The van der Waals surface area contributed by atoms with E-state index in [1.165, 1.54) is 12.1 Å². The highest BCUT2D eigenvalue weighted by Crippen LogP contribution is 2.32. The van der Waals surface area contributed by atoms with Gasteiger partial charge in [-0.25, -0.2) is 9.18 Å². The molecule has 1 fully saturated rings. The maximum atomic E-state index is 13.2. The zero-order valence-electron chi connectivity index (χ0n) is 15.1. The molecule has 0 bridgehead atoms. The highest BCUT2D eigenvalue weighted by atomic mass is 35.5. The fourth-order valence-electron chi connectivity index (χ4n) is 3.67. The minimum Gasteiger partial charge on any atom is -0.362 e. The Morgan fingerprint density at radius 2 is 1.96 bits per heavy atom. The van der Waals surface area contributed by atoms with Gasteiger partial charge in [0.15, 0.2) is 0 Å². The van der Waals surface area contributed by atoms with Gasteiger partial charge in [-0.05, 0) is 35.9 Å². The SMILES string of the molecule is O=C1NC2(CCN(C(=O)NCc3cccc(F)c3)CC2)Nc2cc(Cl)ccc21. The number of nitrogens with one attached hydrogen (secondary N) is 3. The molecule has 146 valence electrons. The molecule has 28 heavy (non-hydrogen) atoms. The van der Waals surface area contributed by atoms with Crippen LogP contribution in [0.2, 0.25) is 5.02 Å². The Hall–Kier alpha value is -2.80. The standard InChI is InChI=1S/C20H20ClFN4O2/c21-14-4-5-16-17(11-14)24-20(25-18(16)27)6-8-26(9-7-20)19(28)23-12-13-2-1-3-15(22)10-13/h1-5,10-11,24H,6-9,12H2,(H,23,28)(H,25,27). The van der Waals surface area contributed by atoms with Crippen LogP contribution in [0.15, 0.2) is 42.5 Å². The molecular weight excluding hydrogens is 383 g/mol. The van der Waals surface area contributed by atoms with Gasteiger partial charge in [-0.2, -0.15) is 0 Å². The van der Waals surface area contributed by atoms with Gasteiger partial charge in [-0.3, -0.25) is 4.79 Å². The second-order valence-corrected chi connectivity index (χ2v) is 7.56. The van der Waals surface area contributed by atoms with Crippen LogP contribution in [0.3, 0.4) is 0 Å². The van der Waals surface area contributed by atoms with Gasteiger partial charge in [0, 0.05) is 37.5 Å². The van der Waals surface area contributed by atoms with E-state index >= 15 is 0 Å². The zero-order valence-corrected chi connectivity index (χ0v) is 15.9. The molecule has 3 amide bonds. The average Bonchev–Trinajstić information content (AvgIpc) is 2.66. The number of piperidine rings is 1. The third-order valence-corrected chi connectivity index (χ3v) is 5.43. The summed E-state index contributed by atoms with van der Waals surface area (Å²) in [5.74, 6) is -0.472. The Morgan fingerprint density at radius 1 is 1.18 bits per heavy atom. The lowest BCUT2D eigenvalue weighted by atomic mass is 9.92. The molecule has 6 nitrogen and oxygen atoms in total. The number of carbonyl (C=O) groups excluding carboxylic acids is 2. The van der Waals surface area contributed by atoms with Crippen LogP contribution in [0, 0.1) is 5.82 Å². The lowest BCUT2D eigenvalue weighted by molar-refractivity contribution is 0.0848. The second kappa shape index (κ2) is 7.31. The number of halogens is 2. The van der Waals surface area contributed by atoms with E-state index in [-0.39, 0.29) is 24.3 Å². The molecule has 0 aliphatic carbocycles. The molecule has 4 rings (SSSR count). The van der Waals surface area contributed by atoms with E-state index < -0.39 is 5.66 Å². The number of benzene rings is 2. The topological polar surface area (TPSA) is 73.5 Å². The summed E-state index contributed by atoms with van der Waals surface area (Å²) in [5, 5.41) is 9.80. The number of hydrogen-bond donors (Lipinski definition) is 3.